The Morgan fingerprint density at radius 2 is 1.90 bits per heavy atom. The van der Waals surface area contributed by atoms with Gasteiger partial charge in [0.25, 0.3) is 0 Å². The third kappa shape index (κ3) is 3.68. The van der Waals surface area contributed by atoms with E-state index in [0.29, 0.717) is 36.3 Å². The molecule has 2 aliphatic rings. The Morgan fingerprint density at radius 1 is 1.07 bits per heavy atom. The maximum absolute atomic E-state index is 12.8. The number of nitrogens with zero attached hydrogens (tertiary/aromatic N) is 6. The zero-order chi connectivity index (χ0) is 20.5. The van der Waals surface area contributed by atoms with Crippen molar-refractivity contribution in [1.29, 1.82) is 0 Å². The predicted molar refractivity (Wildman–Crippen MR) is 109 cm³/mol. The Balaban J connectivity index is 1.14. The minimum absolute atomic E-state index is 0.0767. The summed E-state index contributed by atoms with van der Waals surface area (Å²) in [4.78, 5) is 25.3. The van der Waals surface area contributed by atoms with Gasteiger partial charge in [-0.1, -0.05) is 28.9 Å². The first-order valence-corrected chi connectivity index (χ1v) is 10.2. The molecule has 3 aromatic rings. The van der Waals surface area contributed by atoms with Crippen LogP contribution in [0.15, 0.2) is 42.9 Å². The maximum atomic E-state index is 12.8. The van der Waals surface area contributed by atoms with Gasteiger partial charge < -0.3 is 14.5 Å². The maximum Gasteiger partial charge on any atom is 0.320 e. The van der Waals surface area contributed by atoms with Gasteiger partial charge in [0.1, 0.15) is 5.75 Å². The smallest absolute Gasteiger partial charge is 0.320 e. The van der Waals surface area contributed by atoms with Crippen LogP contribution < -0.4 is 4.74 Å². The summed E-state index contributed by atoms with van der Waals surface area (Å²) in [5, 5.41) is 11.0. The molecule has 4 heterocycles. The zero-order valence-electron chi connectivity index (χ0n) is 16.1. The minimum atomic E-state index is 0.0767. The van der Waals surface area contributed by atoms with Crippen molar-refractivity contribution in [2.24, 2.45) is 0 Å². The number of H-pyrrole nitrogens is 1. The van der Waals surface area contributed by atoms with Crippen LogP contribution in [-0.4, -0.2) is 67.4 Å². The molecular formula is C20H20ClN7O2. The lowest BCUT2D eigenvalue weighted by Gasteiger charge is -2.40. The molecule has 0 radical (unpaired) electrons. The van der Waals surface area contributed by atoms with Crippen molar-refractivity contribution in [2.75, 3.05) is 26.2 Å². The van der Waals surface area contributed by atoms with E-state index in [1.807, 2.05) is 21.9 Å². The fourth-order valence-electron chi connectivity index (χ4n) is 3.84. The van der Waals surface area contributed by atoms with Crippen molar-refractivity contribution in [3.05, 3.63) is 59.3 Å². The first-order valence-electron chi connectivity index (χ1n) is 9.81. The summed E-state index contributed by atoms with van der Waals surface area (Å²) in [6.45, 7) is 2.73. The summed E-state index contributed by atoms with van der Waals surface area (Å²) in [6, 6.07) is 7.29. The van der Waals surface area contributed by atoms with Gasteiger partial charge >= 0.3 is 6.03 Å². The molecule has 0 bridgehead atoms. The third-order valence-corrected chi connectivity index (χ3v) is 5.91. The molecule has 2 aromatic heterocycles. The average Bonchev–Trinajstić information content (AvgIpc) is 3.41. The fraction of sp³-hybridized carbons (Fsp3) is 0.350. The number of hydrogen-bond acceptors (Lipinski definition) is 6. The average molecular weight is 426 g/mol. The summed E-state index contributed by atoms with van der Waals surface area (Å²) in [6.07, 6.45) is 5.95. The quantitative estimate of drug-likeness (QED) is 0.689. The zero-order valence-corrected chi connectivity index (χ0v) is 16.9. The lowest BCUT2D eigenvalue weighted by Crippen LogP contribution is -2.53. The van der Waals surface area contributed by atoms with E-state index in [9.17, 15) is 4.79 Å². The number of aromatic nitrogens is 5. The van der Waals surface area contributed by atoms with Gasteiger partial charge in [0.2, 0.25) is 5.88 Å². The van der Waals surface area contributed by atoms with Crippen LogP contribution in [0.25, 0.3) is 0 Å². The van der Waals surface area contributed by atoms with Crippen LogP contribution in [0.3, 0.4) is 0 Å². The molecule has 5 rings (SSSR count). The van der Waals surface area contributed by atoms with E-state index in [-0.39, 0.29) is 17.9 Å². The van der Waals surface area contributed by atoms with E-state index in [0.717, 1.165) is 24.4 Å². The molecule has 2 amide bonds. The van der Waals surface area contributed by atoms with Crippen molar-refractivity contribution < 1.29 is 9.53 Å². The Morgan fingerprint density at radius 3 is 2.63 bits per heavy atom. The highest BCUT2D eigenvalue weighted by atomic mass is 35.5. The lowest BCUT2D eigenvalue weighted by molar-refractivity contribution is 0.120. The number of ether oxygens (including phenoxy) is 1. The van der Waals surface area contributed by atoms with Gasteiger partial charge in [0.15, 0.2) is 0 Å². The van der Waals surface area contributed by atoms with Crippen molar-refractivity contribution in [1.82, 2.24) is 35.2 Å². The van der Waals surface area contributed by atoms with E-state index in [1.54, 1.807) is 30.7 Å². The number of para-hydroxylation sites is 1. The molecule has 2 aliphatic heterocycles. The van der Waals surface area contributed by atoms with Crippen LogP contribution in [0.5, 0.6) is 11.6 Å². The number of hydrogen-bond donors (Lipinski definition) is 1. The molecule has 0 saturated carbocycles. The molecule has 1 atom stereocenters. The highest BCUT2D eigenvalue weighted by Gasteiger charge is 2.38. The van der Waals surface area contributed by atoms with Crippen LogP contribution in [0.4, 0.5) is 4.79 Å². The largest absolute Gasteiger partial charge is 0.436 e. The second-order valence-corrected chi connectivity index (χ2v) is 7.95. The lowest BCUT2D eigenvalue weighted by atomic mass is 9.97. The second kappa shape index (κ2) is 7.91. The molecule has 0 spiro atoms. The van der Waals surface area contributed by atoms with Gasteiger partial charge in [-0.2, -0.15) is 0 Å². The minimum Gasteiger partial charge on any atom is -0.436 e. The Labute approximate surface area is 178 Å². The van der Waals surface area contributed by atoms with Crippen LogP contribution >= 0.6 is 11.6 Å². The van der Waals surface area contributed by atoms with E-state index < -0.39 is 0 Å². The number of carbonyl (C=O) groups is 1. The van der Waals surface area contributed by atoms with Gasteiger partial charge in [-0.05, 0) is 18.6 Å². The van der Waals surface area contributed by atoms with Crippen LogP contribution in [0, 0.1) is 0 Å². The summed E-state index contributed by atoms with van der Waals surface area (Å²) in [5.41, 5.74) is 1.84. The van der Waals surface area contributed by atoms with Gasteiger partial charge in [0, 0.05) is 38.0 Å². The Bertz CT molecular complexity index is 1020. The monoisotopic (exact) mass is 425 g/mol. The number of likely N-dealkylation sites (tertiary alicyclic amines) is 2. The van der Waals surface area contributed by atoms with E-state index in [2.05, 4.69) is 25.4 Å². The van der Waals surface area contributed by atoms with Crippen molar-refractivity contribution >= 4 is 17.6 Å². The fourth-order valence-corrected chi connectivity index (χ4v) is 4.02. The highest BCUT2D eigenvalue weighted by molar-refractivity contribution is 6.32. The van der Waals surface area contributed by atoms with Gasteiger partial charge in [-0.15, -0.1) is 5.10 Å². The van der Waals surface area contributed by atoms with Crippen molar-refractivity contribution in [2.45, 2.75) is 18.3 Å². The number of benzene rings is 1. The molecule has 30 heavy (non-hydrogen) atoms. The summed E-state index contributed by atoms with van der Waals surface area (Å²) >= 11 is 6.10. The topological polar surface area (TPSA) is 100 Å². The highest BCUT2D eigenvalue weighted by Crippen LogP contribution is 2.31. The first kappa shape index (κ1) is 18.8. The first-order chi connectivity index (χ1) is 14.7. The normalized spacial score (nSPS) is 19.0. The molecular weight excluding hydrogens is 406 g/mol. The SMILES string of the molecule is O=C(N1CC(c2cnc(Oc3ccccc3Cl)cn2)C1)N1CC[C@H](c2cnn[nH]2)C1. The summed E-state index contributed by atoms with van der Waals surface area (Å²) in [5.74, 6) is 1.38. The Kier molecular flexibility index (Phi) is 4.96. The summed E-state index contributed by atoms with van der Waals surface area (Å²) < 4.78 is 5.67. The number of halogens is 1. The number of amides is 2. The van der Waals surface area contributed by atoms with Crippen molar-refractivity contribution in [3.63, 3.8) is 0 Å². The van der Waals surface area contributed by atoms with E-state index >= 15 is 0 Å². The van der Waals surface area contributed by atoms with Gasteiger partial charge in [0.05, 0.1) is 35.0 Å². The molecule has 1 N–H and O–H groups in total. The number of urea groups is 1. The summed E-state index contributed by atoms with van der Waals surface area (Å²) in [7, 11) is 0. The van der Waals surface area contributed by atoms with E-state index in [4.69, 9.17) is 16.3 Å². The molecule has 0 aliphatic carbocycles. The number of nitrogens with one attached hydrogen (secondary N) is 1. The van der Waals surface area contributed by atoms with Crippen LogP contribution in [0.1, 0.15) is 29.6 Å². The number of carbonyl (C=O) groups excluding carboxylic acids is 1. The number of aromatic amines is 1. The van der Waals surface area contributed by atoms with Crippen molar-refractivity contribution in [3.8, 4) is 11.6 Å². The molecule has 2 fully saturated rings. The van der Waals surface area contributed by atoms with E-state index in [1.165, 1.54) is 0 Å². The molecule has 0 unspecified atom stereocenters. The molecule has 10 heteroatoms. The van der Waals surface area contributed by atoms with Crippen LogP contribution in [0.2, 0.25) is 5.02 Å². The van der Waals surface area contributed by atoms with Crippen LogP contribution in [-0.2, 0) is 0 Å². The Hall–Kier alpha value is -3.20. The second-order valence-electron chi connectivity index (χ2n) is 7.54. The predicted octanol–water partition coefficient (Wildman–Crippen LogP) is 3.05. The molecule has 9 nitrogen and oxygen atoms in total. The third-order valence-electron chi connectivity index (χ3n) is 5.60. The van der Waals surface area contributed by atoms with Gasteiger partial charge in [-0.25, -0.2) is 9.78 Å². The standard InChI is InChI=1S/C20H20ClN7O2/c21-15-3-1-2-4-18(15)30-19-9-22-16(7-23-19)14-11-28(12-14)20(29)27-6-5-13(10-27)17-8-24-26-25-17/h1-4,7-9,13-14H,5-6,10-12H2,(H,24,25,26)/t13-/m0/s1. The number of rotatable bonds is 4. The van der Waals surface area contributed by atoms with Gasteiger partial charge in [-0.3, -0.25) is 10.1 Å². The molecule has 154 valence electrons. The molecule has 1 aromatic carbocycles. The molecule has 2 saturated heterocycles.